The summed E-state index contributed by atoms with van der Waals surface area (Å²) in [6.45, 7) is 8.21. The summed E-state index contributed by atoms with van der Waals surface area (Å²) in [5.41, 5.74) is 1.18. The minimum Gasteiger partial charge on any atom is -0.303 e. The molecule has 0 bridgehead atoms. The van der Waals surface area contributed by atoms with Crippen molar-refractivity contribution in [1.82, 2.24) is 0 Å². The summed E-state index contributed by atoms with van der Waals surface area (Å²) in [6.07, 6.45) is 4.58. The summed E-state index contributed by atoms with van der Waals surface area (Å²) >= 11 is 0. The molecule has 3 atom stereocenters. The minimum atomic E-state index is 0.242. The molecule has 1 fully saturated rings. The van der Waals surface area contributed by atoms with E-state index in [2.05, 4.69) is 13.5 Å². The largest absolute Gasteiger partial charge is 0.303 e. The Labute approximate surface area is 74.9 Å². The van der Waals surface area contributed by atoms with E-state index in [-0.39, 0.29) is 5.92 Å². The van der Waals surface area contributed by atoms with Crippen molar-refractivity contribution in [3.05, 3.63) is 12.2 Å². The zero-order valence-electron chi connectivity index (χ0n) is 8.05. The normalized spacial score (nSPS) is 36.0. The van der Waals surface area contributed by atoms with E-state index >= 15 is 0 Å². The molecule has 0 aromatic heterocycles. The second-order valence-corrected chi connectivity index (χ2v) is 4.17. The lowest BCUT2D eigenvalue weighted by atomic mass is 9.73. The molecule has 1 saturated carbocycles. The van der Waals surface area contributed by atoms with Gasteiger partial charge in [-0.3, -0.25) is 0 Å². The van der Waals surface area contributed by atoms with Crippen molar-refractivity contribution in [2.24, 2.45) is 17.8 Å². The summed E-state index contributed by atoms with van der Waals surface area (Å²) < 4.78 is 0. The molecular formula is C11H18O. The van der Waals surface area contributed by atoms with Crippen molar-refractivity contribution >= 4 is 6.29 Å². The molecule has 68 valence electrons. The molecule has 1 aliphatic carbocycles. The molecular weight excluding hydrogens is 148 g/mol. The Balaban J connectivity index is 2.62. The van der Waals surface area contributed by atoms with Crippen LogP contribution in [0.1, 0.15) is 33.1 Å². The highest BCUT2D eigenvalue weighted by Gasteiger charge is 2.28. The zero-order chi connectivity index (χ0) is 9.14. The fourth-order valence-corrected chi connectivity index (χ4v) is 2.19. The molecule has 0 saturated heterocycles. The van der Waals surface area contributed by atoms with Gasteiger partial charge in [-0.25, -0.2) is 0 Å². The molecule has 0 aliphatic heterocycles. The number of carbonyl (C=O) groups is 1. The number of hydrogen-bond donors (Lipinski definition) is 0. The zero-order valence-corrected chi connectivity index (χ0v) is 8.05. The van der Waals surface area contributed by atoms with Crippen molar-refractivity contribution in [3.63, 3.8) is 0 Å². The van der Waals surface area contributed by atoms with Crippen LogP contribution in [0.4, 0.5) is 0 Å². The van der Waals surface area contributed by atoms with Crippen molar-refractivity contribution < 1.29 is 4.79 Å². The Hall–Kier alpha value is -0.590. The number of allylic oxidation sites excluding steroid dienone is 1. The Morgan fingerprint density at radius 1 is 1.50 bits per heavy atom. The molecule has 1 nitrogen and oxygen atoms in total. The first-order chi connectivity index (χ1) is 5.65. The smallest absolute Gasteiger partial charge is 0.123 e. The first-order valence-electron chi connectivity index (χ1n) is 4.75. The molecule has 1 aliphatic rings. The molecule has 0 aromatic rings. The highest BCUT2D eigenvalue weighted by molar-refractivity contribution is 5.55. The lowest BCUT2D eigenvalue weighted by molar-refractivity contribution is -0.113. The van der Waals surface area contributed by atoms with E-state index in [0.717, 1.165) is 25.0 Å². The van der Waals surface area contributed by atoms with E-state index in [0.29, 0.717) is 5.92 Å². The maximum atomic E-state index is 10.8. The molecule has 0 N–H and O–H groups in total. The second-order valence-electron chi connectivity index (χ2n) is 4.17. The number of hydrogen-bond acceptors (Lipinski definition) is 1. The first kappa shape index (κ1) is 9.50. The number of carbonyl (C=O) groups excluding carboxylic acids is 1. The summed E-state index contributed by atoms with van der Waals surface area (Å²) in [5, 5.41) is 0. The van der Waals surface area contributed by atoms with Crippen molar-refractivity contribution in [1.29, 1.82) is 0 Å². The molecule has 0 heterocycles. The maximum Gasteiger partial charge on any atom is 0.123 e. The first-order valence-corrected chi connectivity index (χ1v) is 4.75. The van der Waals surface area contributed by atoms with Gasteiger partial charge < -0.3 is 4.79 Å². The average molecular weight is 166 g/mol. The standard InChI is InChI=1S/C11H18O/c1-8(2)11-5-4-9(3)6-10(11)7-12/h7,9-11H,1,4-6H2,2-3H3/t9-,10+,11+/m1/s1. The van der Waals surface area contributed by atoms with Gasteiger partial charge in [0.05, 0.1) is 0 Å². The van der Waals surface area contributed by atoms with Gasteiger partial charge in [-0.2, -0.15) is 0 Å². The Morgan fingerprint density at radius 3 is 2.67 bits per heavy atom. The van der Waals surface area contributed by atoms with E-state index in [4.69, 9.17) is 0 Å². The molecule has 12 heavy (non-hydrogen) atoms. The third kappa shape index (κ3) is 1.96. The van der Waals surface area contributed by atoms with E-state index < -0.39 is 0 Å². The SMILES string of the molecule is C=C(C)[C@@H]1CC[C@@H](C)C[C@H]1C=O. The summed E-state index contributed by atoms with van der Waals surface area (Å²) in [6, 6.07) is 0. The van der Waals surface area contributed by atoms with Crippen LogP contribution < -0.4 is 0 Å². The Kier molecular flexibility index (Phi) is 3.07. The topological polar surface area (TPSA) is 17.1 Å². The third-order valence-corrected chi connectivity index (χ3v) is 2.97. The van der Waals surface area contributed by atoms with Crippen molar-refractivity contribution in [3.8, 4) is 0 Å². The average Bonchev–Trinajstić information content (AvgIpc) is 2.03. The third-order valence-electron chi connectivity index (χ3n) is 2.97. The number of rotatable bonds is 2. The van der Waals surface area contributed by atoms with Gasteiger partial charge in [0, 0.05) is 5.92 Å². The van der Waals surface area contributed by atoms with Crippen LogP contribution >= 0.6 is 0 Å². The van der Waals surface area contributed by atoms with Crippen molar-refractivity contribution in [2.45, 2.75) is 33.1 Å². The Bertz CT molecular complexity index is 183. The van der Waals surface area contributed by atoms with Crippen LogP contribution in [-0.2, 0) is 4.79 Å². The van der Waals surface area contributed by atoms with Gasteiger partial charge in [-0.15, -0.1) is 0 Å². The maximum absolute atomic E-state index is 10.8. The van der Waals surface area contributed by atoms with Crippen LogP contribution in [-0.4, -0.2) is 6.29 Å². The fraction of sp³-hybridized carbons (Fsp3) is 0.727. The van der Waals surface area contributed by atoms with Gasteiger partial charge >= 0.3 is 0 Å². The molecule has 0 amide bonds. The predicted octanol–water partition coefficient (Wildman–Crippen LogP) is 2.81. The molecule has 0 radical (unpaired) electrons. The molecule has 0 unspecified atom stereocenters. The van der Waals surface area contributed by atoms with Crippen LogP contribution in [0.15, 0.2) is 12.2 Å². The molecule has 0 aromatic carbocycles. The van der Waals surface area contributed by atoms with Gasteiger partial charge in [0.15, 0.2) is 0 Å². The second kappa shape index (κ2) is 3.88. The quantitative estimate of drug-likeness (QED) is 0.455. The van der Waals surface area contributed by atoms with Gasteiger partial charge in [-0.1, -0.05) is 25.5 Å². The van der Waals surface area contributed by atoms with E-state index in [1.165, 1.54) is 12.0 Å². The van der Waals surface area contributed by atoms with Gasteiger partial charge in [-0.05, 0) is 31.6 Å². The van der Waals surface area contributed by atoms with Crippen molar-refractivity contribution in [2.75, 3.05) is 0 Å². The summed E-state index contributed by atoms with van der Waals surface area (Å²) in [4.78, 5) is 10.8. The van der Waals surface area contributed by atoms with E-state index in [9.17, 15) is 4.79 Å². The van der Waals surface area contributed by atoms with E-state index in [1.54, 1.807) is 0 Å². The van der Waals surface area contributed by atoms with Crippen LogP contribution in [0.25, 0.3) is 0 Å². The van der Waals surface area contributed by atoms with E-state index in [1.807, 2.05) is 6.92 Å². The van der Waals surface area contributed by atoms with Crippen LogP contribution in [0, 0.1) is 17.8 Å². The predicted molar refractivity (Wildman–Crippen MR) is 50.9 cm³/mol. The minimum absolute atomic E-state index is 0.242. The lowest BCUT2D eigenvalue weighted by Crippen LogP contribution is -2.25. The fourth-order valence-electron chi connectivity index (χ4n) is 2.19. The Morgan fingerprint density at radius 2 is 2.17 bits per heavy atom. The van der Waals surface area contributed by atoms with Crippen LogP contribution in [0.5, 0.6) is 0 Å². The molecule has 1 heteroatoms. The van der Waals surface area contributed by atoms with Gasteiger partial charge in [0.1, 0.15) is 6.29 Å². The number of aldehydes is 1. The monoisotopic (exact) mass is 166 g/mol. The van der Waals surface area contributed by atoms with Crippen LogP contribution in [0.3, 0.4) is 0 Å². The summed E-state index contributed by atoms with van der Waals surface area (Å²) in [7, 11) is 0. The highest BCUT2D eigenvalue weighted by Crippen LogP contribution is 2.35. The summed E-state index contributed by atoms with van der Waals surface area (Å²) in [5.74, 6) is 1.42. The molecule has 1 rings (SSSR count). The van der Waals surface area contributed by atoms with Crippen LogP contribution in [0.2, 0.25) is 0 Å². The van der Waals surface area contributed by atoms with Gasteiger partial charge in [0.2, 0.25) is 0 Å². The molecule has 0 spiro atoms. The lowest BCUT2D eigenvalue weighted by Gasteiger charge is -2.31. The van der Waals surface area contributed by atoms with Gasteiger partial charge in [0.25, 0.3) is 0 Å². The highest BCUT2D eigenvalue weighted by atomic mass is 16.1.